The zero-order chi connectivity index (χ0) is 22.1. The average molecular weight is 437 g/mol. The van der Waals surface area contributed by atoms with Crippen LogP contribution < -0.4 is 0 Å². The predicted molar refractivity (Wildman–Crippen MR) is 104 cm³/mol. The van der Waals surface area contributed by atoms with Gasteiger partial charge in [0, 0.05) is 5.69 Å². The molecule has 5 nitrogen and oxygen atoms in total. The van der Waals surface area contributed by atoms with Crippen molar-refractivity contribution in [3.8, 4) is 0 Å². The van der Waals surface area contributed by atoms with Crippen LogP contribution >= 0.6 is 0 Å². The Labute approximate surface area is 171 Å². The highest BCUT2D eigenvalue weighted by Gasteiger charge is 2.41. The minimum Gasteiger partial charge on any atom is -0.465 e. The quantitative estimate of drug-likeness (QED) is 0.588. The van der Waals surface area contributed by atoms with E-state index < -0.39 is 38.5 Å². The van der Waals surface area contributed by atoms with Gasteiger partial charge < -0.3 is 9.72 Å². The molecule has 0 fully saturated rings. The Morgan fingerprint density at radius 2 is 1.63 bits per heavy atom. The molecule has 30 heavy (non-hydrogen) atoms. The maximum atomic E-state index is 13.5. The summed E-state index contributed by atoms with van der Waals surface area (Å²) in [6.45, 7) is 1.79. The molecule has 1 unspecified atom stereocenters. The van der Waals surface area contributed by atoms with Crippen LogP contribution in [-0.4, -0.2) is 26.5 Å². The number of hydrogen-bond acceptors (Lipinski definition) is 4. The van der Waals surface area contributed by atoms with Gasteiger partial charge in [0.05, 0.1) is 17.6 Å². The zero-order valence-corrected chi connectivity index (χ0v) is 16.8. The van der Waals surface area contributed by atoms with Gasteiger partial charge >= 0.3 is 12.1 Å². The number of halogens is 3. The predicted octanol–water partition coefficient (Wildman–Crippen LogP) is 4.69. The molecule has 0 radical (unpaired) electrons. The summed E-state index contributed by atoms with van der Waals surface area (Å²) in [6, 6.07) is 14.7. The molecular formula is C21H18F3NO4S. The lowest BCUT2D eigenvalue weighted by atomic mass is 10.1. The van der Waals surface area contributed by atoms with Crippen LogP contribution in [0.1, 0.15) is 38.1 Å². The molecule has 0 amide bonds. The minimum atomic E-state index is -4.91. The second-order valence-electron chi connectivity index (χ2n) is 6.65. The number of rotatable bonds is 5. The summed E-state index contributed by atoms with van der Waals surface area (Å²) in [4.78, 5) is 14.0. The molecule has 1 aromatic heterocycles. The number of aryl methyl sites for hydroxylation is 1. The first kappa shape index (κ1) is 21.6. The zero-order valence-electron chi connectivity index (χ0n) is 16.0. The summed E-state index contributed by atoms with van der Waals surface area (Å²) in [6.07, 6.45) is -4.91. The van der Waals surface area contributed by atoms with E-state index in [2.05, 4.69) is 9.72 Å². The molecule has 0 bridgehead atoms. The molecule has 3 aromatic rings. The number of H-pyrrole nitrogens is 1. The van der Waals surface area contributed by atoms with Crippen LogP contribution in [0.2, 0.25) is 0 Å². The molecule has 0 aliphatic rings. The monoisotopic (exact) mass is 437 g/mol. The number of benzene rings is 2. The van der Waals surface area contributed by atoms with Gasteiger partial charge in [0.2, 0.25) is 0 Å². The molecule has 0 aliphatic heterocycles. The Morgan fingerprint density at radius 3 is 2.17 bits per heavy atom. The standard InChI is InChI=1S/C21H18F3NO4S/c1-13-8-10-15(11-9-13)30(27,28)18(14-6-4-3-5-7-14)17-12-16(20(26)29-2)19(25-17)21(22,23)24/h3-12,18,25H,1-2H3. The van der Waals surface area contributed by atoms with Crippen molar-refractivity contribution >= 4 is 15.8 Å². The van der Waals surface area contributed by atoms with E-state index >= 15 is 0 Å². The highest BCUT2D eigenvalue weighted by atomic mass is 32.2. The molecule has 0 saturated heterocycles. The van der Waals surface area contributed by atoms with Crippen molar-refractivity contribution in [2.45, 2.75) is 23.2 Å². The van der Waals surface area contributed by atoms with Crippen molar-refractivity contribution in [3.63, 3.8) is 0 Å². The lowest BCUT2D eigenvalue weighted by Crippen LogP contribution is -2.16. The van der Waals surface area contributed by atoms with E-state index in [9.17, 15) is 26.4 Å². The minimum absolute atomic E-state index is 0.0512. The Hall–Kier alpha value is -3.07. The molecular weight excluding hydrogens is 419 g/mol. The number of methoxy groups -OCH3 is 1. The Balaban J connectivity index is 2.26. The van der Waals surface area contributed by atoms with E-state index in [-0.39, 0.29) is 16.2 Å². The largest absolute Gasteiger partial charge is 0.465 e. The molecule has 0 saturated carbocycles. The van der Waals surface area contributed by atoms with Gasteiger partial charge in [0.15, 0.2) is 9.84 Å². The third-order valence-electron chi connectivity index (χ3n) is 4.57. The van der Waals surface area contributed by atoms with Crippen molar-refractivity contribution in [2.75, 3.05) is 7.11 Å². The van der Waals surface area contributed by atoms with E-state index in [0.29, 0.717) is 0 Å². The Kier molecular flexibility index (Phi) is 5.76. The number of nitrogens with one attached hydrogen (secondary N) is 1. The van der Waals surface area contributed by atoms with Crippen LogP contribution in [0, 0.1) is 6.92 Å². The van der Waals surface area contributed by atoms with Crippen molar-refractivity contribution < 1.29 is 31.1 Å². The molecule has 9 heteroatoms. The van der Waals surface area contributed by atoms with Crippen molar-refractivity contribution in [1.82, 2.24) is 4.98 Å². The van der Waals surface area contributed by atoms with Gasteiger partial charge in [-0.2, -0.15) is 13.2 Å². The highest BCUT2D eigenvalue weighted by molar-refractivity contribution is 7.91. The van der Waals surface area contributed by atoms with E-state index in [1.807, 2.05) is 0 Å². The van der Waals surface area contributed by atoms with E-state index in [0.717, 1.165) is 18.7 Å². The molecule has 2 aromatic carbocycles. The van der Waals surface area contributed by atoms with Crippen molar-refractivity contribution in [2.24, 2.45) is 0 Å². The molecule has 3 rings (SSSR count). The van der Waals surface area contributed by atoms with E-state index in [1.54, 1.807) is 37.3 Å². The van der Waals surface area contributed by atoms with Crippen LogP contribution in [0.5, 0.6) is 0 Å². The van der Waals surface area contributed by atoms with Crippen molar-refractivity contribution in [3.05, 3.63) is 88.7 Å². The number of esters is 1. The first-order valence-corrected chi connectivity index (χ1v) is 10.3. The Morgan fingerprint density at radius 1 is 1.03 bits per heavy atom. The second-order valence-corrected chi connectivity index (χ2v) is 8.68. The lowest BCUT2D eigenvalue weighted by molar-refractivity contribution is -0.141. The van der Waals surface area contributed by atoms with E-state index in [4.69, 9.17) is 0 Å². The number of aromatic amines is 1. The summed E-state index contributed by atoms with van der Waals surface area (Å²) in [5.74, 6) is -1.22. The van der Waals surface area contributed by atoms with Crippen LogP contribution in [0.4, 0.5) is 13.2 Å². The number of aromatic nitrogens is 1. The van der Waals surface area contributed by atoms with Gasteiger partial charge in [-0.15, -0.1) is 0 Å². The van der Waals surface area contributed by atoms with E-state index in [1.165, 1.54) is 24.3 Å². The Bertz CT molecular complexity index is 1150. The van der Waals surface area contributed by atoms with Crippen LogP contribution in [0.15, 0.2) is 65.6 Å². The van der Waals surface area contributed by atoms with Gasteiger partial charge in [-0.05, 0) is 30.7 Å². The van der Waals surface area contributed by atoms with Gasteiger partial charge in [-0.25, -0.2) is 13.2 Å². The van der Waals surface area contributed by atoms with Crippen molar-refractivity contribution in [1.29, 1.82) is 0 Å². The highest BCUT2D eigenvalue weighted by Crippen LogP contribution is 2.39. The summed E-state index contributed by atoms with van der Waals surface area (Å²) >= 11 is 0. The average Bonchev–Trinajstić information content (AvgIpc) is 3.14. The fraction of sp³-hybridized carbons (Fsp3) is 0.190. The summed E-state index contributed by atoms with van der Waals surface area (Å²) in [5, 5.41) is -1.49. The number of carbonyl (C=O) groups is 1. The number of sulfone groups is 1. The second kappa shape index (κ2) is 7.98. The maximum absolute atomic E-state index is 13.5. The third-order valence-corrected chi connectivity index (χ3v) is 6.65. The number of alkyl halides is 3. The summed E-state index contributed by atoms with van der Waals surface area (Å²) in [5.41, 5.74) is -1.33. The first-order chi connectivity index (χ1) is 14.1. The fourth-order valence-corrected chi connectivity index (χ4v) is 4.89. The molecule has 1 heterocycles. The van der Waals surface area contributed by atoms with Crippen LogP contribution in [0.3, 0.4) is 0 Å². The SMILES string of the molecule is COC(=O)c1cc(C(c2ccccc2)S(=O)(=O)c2ccc(C)cc2)[nH]c1C(F)(F)F. The van der Waals surface area contributed by atoms with Gasteiger partial charge in [0.1, 0.15) is 10.9 Å². The topological polar surface area (TPSA) is 76.2 Å². The molecule has 0 spiro atoms. The smallest absolute Gasteiger partial charge is 0.432 e. The molecule has 158 valence electrons. The lowest BCUT2D eigenvalue weighted by Gasteiger charge is -2.18. The number of ether oxygens (including phenoxy) is 1. The number of carbonyl (C=O) groups excluding carboxylic acids is 1. The molecule has 1 atom stereocenters. The molecule has 1 N–H and O–H groups in total. The maximum Gasteiger partial charge on any atom is 0.432 e. The van der Waals surface area contributed by atoms with Crippen LogP contribution in [-0.2, 0) is 20.8 Å². The normalized spacial score (nSPS) is 13.1. The summed E-state index contributed by atoms with van der Waals surface area (Å²) < 4.78 is 71.8. The van der Waals surface area contributed by atoms with Gasteiger partial charge in [0.25, 0.3) is 0 Å². The molecule has 0 aliphatic carbocycles. The van der Waals surface area contributed by atoms with Crippen LogP contribution in [0.25, 0.3) is 0 Å². The van der Waals surface area contributed by atoms with Gasteiger partial charge in [-0.1, -0.05) is 48.0 Å². The summed E-state index contributed by atoms with van der Waals surface area (Å²) in [7, 11) is -3.20. The van der Waals surface area contributed by atoms with Gasteiger partial charge in [-0.3, -0.25) is 0 Å². The first-order valence-electron chi connectivity index (χ1n) is 8.79. The third kappa shape index (κ3) is 4.11. The number of hydrogen-bond donors (Lipinski definition) is 1. The fourth-order valence-electron chi connectivity index (χ4n) is 3.13.